The Kier molecular flexibility index (Phi) is 3.48. The molecule has 0 aliphatic rings. The molecule has 0 saturated heterocycles. The average molecular weight is 213 g/mol. The minimum Gasteiger partial charge on any atom is -0.476 e. The number of carboxylic acids is 1. The summed E-state index contributed by atoms with van der Waals surface area (Å²) in [4.78, 5) is 10.3. The third-order valence-corrected chi connectivity index (χ3v) is 1.76. The Balaban J connectivity index is 2.66. The van der Waals surface area contributed by atoms with Crippen molar-refractivity contribution in [3.63, 3.8) is 0 Å². The van der Waals surface area contributed by atoms with Gasteiger partial charge in [0, 0.05) is 0 Å². The quantitative estimate of drug-likeness (QED) is 0.596. The second-order valence-electron chi connectivity index (χ2n) is 2.69. The SMILES string of the molecule is Cc1ccc(N/N=C(/Cl)C(=O)O)cc1. The Labute approximate surface area is 86.2 Å². The van der Waals surface area contributed by atoms with Gasteiger partial charge >= 0.3 is 5.97 Å². The zero-order valence-corrected chi connectivity index (χ0v) is 8.25. The number of hydrogen-bond acceptors (Lipinski definition) is 3. The Morgan fingerprint density at radius 3 is 2.50 bits per heavy atom. The van der Waals surface area contributed by atoms with E-state index in [2.05, 4.69) is 10.5 Å². The molecule has 0 aromatic heterocycles. The molecule has 0 heterocycles. The van der Waals surface area contributed by atoms with Crippen molar-refractivity contribution in [3.8, 4) is 0 Å². The number of nitrogens with one attached hydrogen (secondary N) is 1. The van der Waals surface area contributed by atoms with Crippen LogP contribution in [0.4, 0.5) is 5.69 Å². The minimum atomic E-state index is -1.26. The number of benzene rings is 1. The molecule has 0 spiro atoms. The van der Waals surface area contributed by atoms with Crippen molar-refractivity contribution >= 4 is 28.4 Å². The molecule has 0 aliphatic carbocycles. The van der Waals surface area contributed by atoms with Crippen LogP contribution in [0.5, 0.6) is 0 Å². The number of carbonyl (C=O) groups is 1. The zero-order chi connectivity index (χ0) is 10.6. The summed E-state index contributed by atoms with van der Waals surface area (Å²) in [5.74, 6) is -1.26. The smallest absolute Gasteiger partial charge is 0.368 e. The molecular formula is C9H9ClN2O2. The van der Waals surface area contributed by atoms with Gasteiger partial charge in [0.1, 0.15) is 0 Å². The molecule has 4 nitrogen and oxygen atoms in total. The van der Waals surface area contributed by atoms with Crippen LogP contribution >= 0.6 is 11.6 Å². The maximum absolute atomic E-state index is 10.3. The number of carboxylic acid groups (broad SMARTS) is 1. The molecule has 74 valence electrons. The van der Waals surface area contributed by atoms with Crippen LogP contribution in [-0.2, 0) is 4.79 Å². The first-order valence-electron chi connectivity index (χ1n) is 3.89. The third-order valence-electron chi connectivity index (χ3n) is 1.51. The van der Waals surface area contributed by atoms with E-state index in [9.17, 15) is 4.79 Å². The van der Waals surface area contributed by atoms with Gasteiger partial charge in [-0.05, 0) is 19.1 Å². The van der Waals surface area contributed by atoms with Crippen LogP contribution in [0, 0.1) is 6.92 Å². The van der Waals surface area contributed by atoms with E-state index in [1.807, 2.05) is 19.1 Å². The van der Waals surface area contributed by atoms with E-state index >= 15 is 0 Å². The molecule has 0 atom stereocenters. The highest BCUT2D eigenvalue weighted by Gasteiger charge is 2.03. The van der Waals surface area contributed by atoms with Gasteiger partial charge in [0.2, 0.25) is 5.17 Å². The summed E-state index contributed by atoms with van der Waals surface area (Å²) in [6.45, 7) is 1.96. The maximum Gasteiger partial charge on any atom is 0.368 e. The van der Waals surface area contributed by atoms with Crippen molar-refractivity contribution in [1.29, 1.82) is 0 Å². The number of halogens is 1. The molecule has 2 N–H and O–H groups in total. The van der Waals surface area contributed by atoms with Crippen LogP contribution < -0.4 is 5.43 Å². The Hall–Kier alpha value is -1.55. The fourth-order valence-electron chi connectivity index (χ4n) is 0.790. The molecule has 0 amide bonds. The lowest BCUT2D eigenvalue weighted by Crippen LogP contribution is -2.07. The van der Waals surface area contributed by atoms with Crippen LogP contribution in [0.1, 0.15) is 5.56 Å². The fraction of sp³-hybridized carbons (Fsp3) is 0.111. The molecule has 0 aliphatic heterocycles. The van der Waals surface area contributed by atoms with Gasteiger partial charge in [0.25, 0.3) is 0 Å². The molecule has 14 heavy (non-hydrogen) atoms. The van der Waals surface area contributed by atoms with Crippen molar-refractivity contribution in [3.05, 3.63) is 29.8 Å². The van der Waals surface area contributed by atoms with Gasteiger partial charge in [-0.2, -0.15) is 5.10 Å². The summed E-state index contributed by atoms with van der Waals surface area (Å²) in [6, 6.07) is 7.33. The number of nitrogens with zero attached hydrogens (tertiary/aromatic N) is 1. The first kappa shape index (κ1) is 10.5. The number of aliphatic carboxylic acids is 1. The molecule has 1 aromatic rings. The van der Waals surface area contributed by atoms with E-state index in [-0.39, 0.29) is 0 Å². The number of rotatable bonds is 3. The predicted octanol–water partition coefficient (Wildman–Crippen LogP) is 2.04. The standard InChI is InChI=1S/C9H9ClN2O2/c1-6-2-4-7(5-3-6)11-12-8(10)9(13)14/h2-5,11H,1H3,(H,13,14)/b12-8+. The normalized spacial score (nSPS) is 11.1. The van der Waals surface area contributed by atoms with E-state index in [0.29, 0.717) is 5.69 Å². The molecule has 0 fully saturated rings. The molecule has 0 unspecified atom stereocenters. The summed E-state index contributed by atoms with van der Waals surface area (Å²) in [5, 5.41) is 11.4. The van der Waals surface area contributed by atoms with Crippen LogP contribution in [-0.4, -0.2) is 16.2 Å². The fourth-order valence-corrected chi connectivity index (χ4v) is 0.832. The van der Waals surface area contributed by atoms with Gasteiger partial charge in [0.05, 0.1) is 5.69 Å². The summed E-state index contributed by atoms with van der Waals surface area (Å²) in [7, 11) is 0. The third kappa shape index (κ3) is 3.06. The lowest BCUT2D eigenvalue weighted by atomic mass is 10.2. The molecule has 5 heteroatoms. The second-order valence-corrected chi connectivity index (χ2v) is 3.04. The predicted molar refractivity (Wildman–Crippen MR) is 55.7 cm³/mol. The van der Waals surface area contributed by atoms with E-state index in [1.165, 1.54) is 0 Å². The number of aryl methyl sites for hydroxylation is 1. The molecule has 1 aromatic carbocycles. The highest BCUT2D eigenvalue weighted by molar-refractivity contribution is 6.81. The molecule has 1 rings (SSSR count). The molecule has 0 radical (unpaired) electrons. The lowest BCUT2D eigenvalue weighted by molar-refractivity contribution is -0.129. The average Bonchev–Trinajstić information content (AvgIpc) is 2.16. The summed E-state index contributed by atoms with van der Waals surface area (Å²) in [5.41, 5.74) is 4.33. The van der Waals surface area contributed by atoms with Crippen molar-refractivity contribution in [2.75, 3.05) is 5.43 Å². The van der Waals surface area contributed by atoms with Crippen molar-refractivity contribution < 1.29 is 9.90 Å². The monoisotopic (exact) mass is 212 g/mol. The van der Waals surface area contributed by atoms with Crippen LogP contribution in [0.3, 0.4) is 0 Å². The van der Waals surface area contributed by atoms with Crippen LogP contribution in [0.2, 0.25) is 0 Å². The topological polar surface area (TPSA) is 61.7 Å². The van der Waals surface area contributed by atoms with Gasteiger partial charge in [-0.3, -0.25) is 5.43 Å². The molecular weight excluding hydrogens is 204 g/mol. The van der Waals surface area contributed by atoms with Gasteiger partial charge in [-0.25, -0.2) is 4.79 Å². The minimum absolute atomic E-state index is 0.495. The first-order valence-corrected chi connectivity index (χ1v) is 4.26. The Bertz CT molecular complexity index is 360. The summed E-state index contributed by atoms with van der Waals surface area (Å²) in [6.07, 6.45) is 0. The summed E-state index contributed by atoms with van der Waals surface area (Å²) < 4.78 is 0. The number of hydrogen-bond donors (Lipinski definition) is 2. The van der Waals surface area contributed by atoms with Gasteiger partial charge in [-0.15, -0.1) is 0 Å². The van der Waals surface area contributed by atoms with Gasteiger partial charge < -0.3 is 5.11 Å². The lowest BCUT2D eigenvalue weighted by Gasteiger charge is -1.99. The zero-order valence-electron chi connectivity index (χ0n) is 7.49. The van der Waals surface area contributed by atoms with Crippen molar-refractivity contribution in [2.45, 2.75) is 6.92 Å². The number of hydrazone groups is 1. The van der Waals surface area contributed by atoms with Gasteiger partial charge in [0.15, 0.2) is 0 Å². The first-order chi connectivity index (χ1) is 6.59. The summed E-state index contributed by atoms with van der Waals surface area (Å²) >= 11 is 5.28. The van der Waals surface area contributed by atoms with Crippen LogP contribution in [0.15, 0.2) is 29.4 Å². The van der Waals surface area contributed by atoms with E-state index in [0.717, 1.165) is 5.56 Å². The van der Waals surface area contributed by atoms with Crippen LogP contribution in [0.25, 0.3) is 0 Å². The highest BCUT2D eigenvalue weighted by atomic mass is 35.5. The van der Waals surface area contributed by atoms with Crippen molar-refractivity contribution in [2.24, 2.45) is 5.10 Å². The number of anilines is 1. The van der Waals surface area contributed by atoms with E-state index in [1.54, 1.807) is 12.1 Å². The maximum atomic E-state index is 10.3. The van der Waals surface area contributed by atoms with E-state index in [4.69, 9.17) is 16.7 Å². The Morgan fingerprint density at radius 1 is 1.43 bits per heavy atom. The second kappa shape index (κ2) is 4.62. The Morgan fingerprint density at radius 2 is 2.00 bits per heavy atom. The van der Waals surface area contributed by atoms with E-state index < -0.39 is 11.1 Å². The van der Waals surface area contributed by atoms with Gasteiger partial charge in [-0.1, -0.05) is 29.3 Å². The molecule has 0 saturated carbocycles. The van der Waals surface area contributed by atoms with Crippen molar-refractivity contribution in [1.82, 2.24) is 0 Å². The highest BCUT2D eigenvalue weighted by Crippen LogP contribution is 2.08. The molecule has 0 bridgehead atoms. The largest absolute Gasteiger partial charge is 0.476 e.